The average molecular weight is 331 g/mol. The molecule has 3 aromatic heterocycles. The van der Waals surface area contributed by atoms with Gasteiger partial charge in [0.1, 0.15) is 11.4 Å². The van der Waals surface area contributed by atoms with Crippen molar-refractivity contribution in [1.29, 1.82) is 0 Å². The van der Waals surface area contributed by atoms with Gasteiger partial charge in [-0.2, -0.15) is 5.10 Å². The van der Waals surface area contributed by atoms with Crippen molar-refractivity contribution in [3.05, 3.63) is 42.4 Å². The highest BCUT2D eigenvalue weighted by atomic mass is 19.3. The maximum atomic E-state index is 12.9. The van der Waals surface area contributed by atoms with Crippen LogP contribution in [-0.2, 0) is 4.74 Å². The fraction of sp³-hybridized carbons (Fsp3) is 0.312. The normalized spacial score (nSPS) is 15.4. The van der Waals surface area contributed by atoms with E-state index in [1.54, 1.807) is 12.4 Å². The van der Waals surface area contributed by atoms with Crippen molar-refractivity contribution in [1.82, 2.24) is 19.6 Å². The number of aromatic nitrogens is 4. The Balaban J connectivity index is 1.75. The highest BCUT2D eigenvalue weighted by molar-refractivity contribution is 5.64. The summed E-state index contributed by atoms with van der Waals surface area (Å²) in [5, 5.41) is 3.98. The van der Waals surface area contributed by atoms with E-state index in [9.17, 15) is 8.78 Å². The van der Waals surface area contributed by atoms with Crippen LogP contribution in [0.1, 0.15) is 12.1 Å². The number of morpholine rings is 1. The maximum absolute atomic E-state index is 12.9. The SMILES string of the molecule is FC(F)c1ccc2ncc(-c3cc(N4CCOCC4)ccn3)n2n1. The molecule has 0 atom stereocenters. The van der Waals surface area contributed by atoms with Crippen LogP contribution in [0.15, 0.2) is 36.7 Å². The molecular weight excluding hydrogens is 316 g/mol. The predicted molar refractivity (Wildman–Crippen MR) is 84.2 cm³/mol. The topological polar surface area (TPSA) is 55.5 Å². The number of alkyl halides is 2. The van der Waals surface area contributed by atoms with Gasteiger partial charge in [0.15, 0.2) is 5.65 Å². The fourth-order valence-electron chi connectivity index (χ4n) is 2.76. The first-order valence-electron chi connectivity index (χ1n) is 7.64. The molecule has 0 N–H and O–H groups in total. The molecule has 0 bridgehead atoms. The van der Waals surface area contributed by atoms with Crippen LogP contribution in [0.2, 0.25) is 0 Å². The third-order valence-electron chi connectivity index (χ3n) is 3.99. The molecule has 1 aliphatic rings. The molecule has 0 spiro atoms. The molecule has 124 valence electrons. The monoisotopic (exact) mass is 331 g/mol. The summed E-state index contributed by atoms with van der Waals surface area (Å²) in [6.07, 6.45) is 0.678. The second kappa shape index (κ2) is 6.12. The van der Waals surface area contributed by atoms with Crippen LogP contribution in [0.25, 0.3) is 17.0 Å². The first-order valence-corrected chi connectivity index (χ1v) is 7.64. The van der Waals surface area contributed by atoms with E-state index in [-0.39, 0.29) is 5.69 Å². The van der Waals surface area contributed by atoms with Crippen LogP contribution in [0.5, 0.6) is 0 Å². The Morgan fingerprint density at radius 1 is 1.08 bits per heavy atom. The number of pyridine rings is 1. The van der Waals surface area contributed by atoms with E-state index >= 15 is 0 Å². The van der Waals surface area contributed by atoms with Crippen molar-refractivity contribution in [2.75, 3.05) is 31.2 Å². The van der Waals surface area contributed by atoms with Gasteiger partial charge in [0, 0.05) is 25.0 Å². The Labute approximate surface area is 136 Å². The third kappa shape index (κ3) is 2.69. The van der Waals surface area contributed by atoms with Gasteiger partial charge >= 0.3 is 0 Å². The lowest BCUT2D eigenvalue weighted by atomic mass is 10.2. The molecule has 3 aromatic rings. The first kappa shape index (κ1) is 14.9. The molecule has 1 fully saturated rings. The number of fused-ring (bicyclic) bond motifs is 1. The zero-order valence-electron chi connectivity index (χ0n) is 12.8. The first-order chi connectivity index (χ1) is 11.7. The Kier molecular flexibility index (Phi) is 3.81. The number of halogens is 2. The molecule has 1 saturated heterocycles. The van der Waals surface area contributed by atoms with E-state index in [1.165, 1.54) is 16.6 Å². The Morgan fingerprint density at radius 3 is 2.71 bits per heavy atom. The van der Waals surface area contributed by atoms with Gasteiger partial charge in [0.2, 0.25) is 0 Å². The highest BCUT2D eigenvalue weighted by Gasteiger charge is 2.16. The van der Waals surface area contributed by atoms with Crippen molar-refractivity contribution in [2.24, 2.45) is 0 Å². The van der Waals surface area contributed by atoms with E-state index in [0.29, 0.717) is 30.2 Å². The number of ether oxygens (including phenoxy) is 1. The van der Waals surface area contributed by atoms with E-state index in [1.807, 2.05) is 12.1 Å². The molecular formula is C16H15F2N5O. The van der Waals surface area contributed by atoms with E-state index in [0.717, 1.165) is 18.8 Å². The van der Waals surface area contributed by atoms with Gasteiger partial charge in [-0.25, -0.2) is 18.3 Å². The Hall–Kier alpha value is -2.61. The molecule has 0 radical (unpaired) electrons. The predicted octanol–water partition coefficient (Wildman–Crippen LogP) is 2.57. The molecule has 4 rings (SSSR count). The van der Waals surface area contributed by atoms with E-state index in [4.69, 9.17) is 4.74 Å². The Morgan fingerprint density at radius 2 is 1.92 bits per heavy atom. The lowest BCUT2D eigenvalue weighted by molar-refractivity contribution is 0.122. The zero-order chi connectivity index (χ0) is 16.5. The second-order valence-electron chi connectivity index (χ2n) is 5.47. The summed E-state index contributed by atoms with van der Waals surface area (Å²) in [5.74, 6) is 0. The average Bonchev–Trinajstić information content (AvgIpc) is 3.05. The lowest BCUT2D eigenvalue weighted by Gasteiger charge is -2.28. The van der Waals surface area contributed by atoms with Crippen LogP contribution in [0, 0.1) is 0 Å². The van der Waals surface area contributed by atoms with Gasteiger partial charge in [0.25, 0.3) is 6.43 Å². The van der Waals surface area contributed by atoms with Crippen LogP contribution in [-0.4, -0.2) is 45.9 Å². The molecule has 8 heteroatoms. The van der Waals surface area contributed by atoms with Gasteiger partial charge in [-0.15, -0.1) is 0 Å². The number of rotatable bonds is 3. The third-order valence-corrected chi connectivity index (χ3v) is 3.99. The van der Waals surface area contributed by atoms with Crippen molar-refractivity contribution >= 4 is 11.3 Å². The second-order valence-corrected chi connectivity index (χ2v) is 5.47. The summed E-state index contributed by atoms with van der Waals surface area (Å²) in [6, 6.07) is 6.67. The quantitative estimate of drug-likeness (QED) is 0.738. The Bertz CT molecular complexity index is 861. The van der Waals surface area contributed by atoms with Gasteiger partial charge in [-0.1, -0.05) is 0 Å². The van der Waals surface area contributed by atoms with Crippen LogP contribution in [0.3, 0.4) is 0 Å². The van der Waals surface area contributed by atoms with E-state index < -0.39 is 6.43 Å². The summed E-state index contributed by atoms with van der Waals surface area (Å²) in [6.45, 7) is 2.99. The summed E-state index contributed by atoms with van der Waals surface area (Å²) in [7, 11) is 0. The van der Waals surface area contributed by atoms with Crippen molar-refractivity contribution in [2.45, 2.75) is 6.43 Å². The fourth-order valence-corrected chi connectivity index (χ4v) is 2.76. The van der Waals surface area contributed by atoms with Gasteiger partial charge < -0.3 is 9.64 Å². The van der Waals surface area contributed by atoms with Crippen LogP contribution >= 0.6 is 0 Å². The number of imidazole rings is 1. The van der Waals surface area contributed by atoms with Crippen molar-refractivity contribution in [3.63, 3.8) is 0 Å². The molecule has 1 aliphatic heterocycles. The largest absolute Gasteiger partial charge is 0.378 e. The molecule has 0 unspecified atom stereocenters. The van der Waals surface area contributed by atoms with Crippen LogP contribution in [0.4, 0.5) is 14.5 Å². The van der Waals surface area contributed by atoms with Crippen molar-refractivity contribution < 1.29 is 13.5 Å². The van der Waals surface area contributed by atoms with Gasteiger partial charge in [-0.3, -0.25) is 4.98 Å². The lowest BCUT2D eigenvalue weighted by Crippen LogP contribution is -2.36. The van der Waals surface area contributed by atoms with Gasteiger partial charge in [-0.05, 0) is 24.3 Å². The number of hydrogen-bond donors (Lipinski definition) is 0. The molecule has 0 saturated carbocycles. The van der Waals surface area contributed by atoms with Crippen LogP contribution < -0.4 is 4.90 Å². The van der Waals surface area contributed by atoms with E-state index in [2.05, 4.69) is 20.0 Å². The molecule has 4 heterocycles. The number of anilines is 1. The standard InChI is InChI=1S/C16H15F2N5O/c17-16(18)12-1-2-15-20-10-14(23(15)21-12)13-9-11(3-4-19-13)22-5-7-24-8-6-22/h1-4,9-10,16H,5-8H2. The maximum Gasteiger partial charge on any atom is 0.282 e. The summed E-state index contributed by atoms with van der Waals surface area (Å²) in [4.78, 5) is 10.8. The molecule has 0 amide bonds. The minimum Gasteiger partial charge on any atom is -0.378 e. The number of nitrogens with zero attached hydrogens (tertiary/aromatic N) is 5. The summed E-state index contributed by atoms with van der Waals surface area (Å²) in [5.41, 5.74) is 2.47. The molecule has 0 aliphatic carbocycles. The molecule has 0 aromatic carbocycles. The minimum atomic E-state index is -2.63. The summed E-state index contributed by atoms with van der Waals surface area (Å²) < 4.78 is 32.6. The zero-order valence-corrected chi connectivity index (χ0v) is 12.8. The highest BCUT2D eigenvalue weighted by Crippen LogP contribution is 2.25. The van der Waals surface area contributed by atoms with Crippen molar-refractivity contribution in [3.8, 4) is 11.4 Å². The summed E-state index contributed by atoms with van der Waals surface area (Å²) >= 11 is 0. The smallest absolute Gasteiger partial charge is 0.282 e. The van der Waals surface area contributed by atoms with Gasteiger partial charge in [0.05, 0.1) is 25.1 Å². The minimum absolute atomic E-state index is 0.286. The molecule has 24 heavy (non-hydrogen) atoms. The molecule has 6 nitrogen and oxygen atoms in total. The number of hydrogen-bond acceptors (Lipinski definition) is 5.